The molecule has 96 valence electrons. The van der Waals surface area contributed by atoms with Gasteiger partial charge in [0.25, 0.3) is 0 Å². The van der Waals surface area contributed by atoms with Crippen LogP contribution in [0.1, 0.15) is 5.56 Å². The summed E-state index contributed by atoms with van der Waals surface area (Å²) in [4.78, 5) is 0. The van der Waals surface area contributed by atoms with Gasteiger partial charge in [0.1, 0.15) is 6.67 Å². The van der Waals surface area contributed by atoms with Crippen LogP contribution in [0.3, 0.4) is 0 Å². The Hall–Kier alpha value is -1.67. The molecule has 0 amide bonds. The summed E-state index contributed by atoms with van der Waals surface area (Å²) >= 11 is 0. The van der Waals surface area contributed by atoms with E-state index in [9.17, 15) is 4.39 Å². The fourth-order valence-electron chi connectivity index (χ4n) is 1.47. The van der Waals surface area contributed by atoms with Crippen LogP contribution in [-0.2, 0) is 0 Å². The summed E-state index contributed by atoms with van der Waals surface area (Å²) in [5.41, 5.74) is 3.87. The number of hydrogen-bond donors (Lipinski definition) is 1. The second-order valence-corrected chi connectivity index (χ2v) is 4.02. The quantitative estimate of drug-likeness (QED) is 0.866. The second-order valence-electron chi connectivity index (χ2n) is 4.02. The van der Waals surface area contributed by atoms with E-state index in [2.05, 4.69) is 60.8 Å². The summed E-state index contributed by atoms with van der Waals surface area (Å²) in [6.07, 6.45) is 0. The summed E-state index contributed by atoms with van der Waals surface area (Å²) in [5, 5.41) is 2.64. The van der Waals surface area contributed by atoms with Crippen molar-refractivity contribution in [3.8, 4) is 11.1 Å². The van der Waals surface area contributed by atoms with Crippen LogP contribution in [0.25, 0.3) is 11.1 Å². The number of alkyl halides is 1. The summed E-state index contributed by atoms with van der Waals surface area (Å²) in [7, 11) is 1.72. The Bertz CT molecular complexity index is 421. The second kappa shape index (κ2) is 8.43. The Morgan fingerprint density at radius 1 is 0.889 bits per heavy atom. The normalized spacial score (nSPS) is 9.50. The SMILES string of the molecule is CNCCF.Cc1ccc(-c2ccccc2)cc1. The van der Waals surface area contributed by atoms with Gasteiger partial charge in [0, 0.05) is 6.54 Å². The molecule has 0 radical (unpaired) electrons. The van der Waals surface area contributed by atoms with Gasteiger partial charge < -0.3 is 5.32 Å². The van der Waals surface area contributed by atoms with Crippen LogP contribution in [0.4, 0.5) is 4.39 Å². The van der Waals surface area contributed by atoms with Crippen molar-refractivity contribution >= 4 is 0 Å². The molecular formula is C16H20FN. The molecule has 0 heterocycles. The molecule has 1 nitrogen and oxygen atoms in total. The zero-order valence-electron chi connectivity index (χ0n) is 11.0. The number of aryl methyl sites for hydroxylation is 1. The van der Waals surface area contributed by atoms with Gasteiger partial charge in [-0.15, -0.1) is 0 Å². The van der Waals surface area contributed by atoms with Crippen molar-refractivity contribution in [1.29, 1.82) is 0 Å². The lowest BCUT2D eigenvalue weighted by Crippen LogP contribution is -2.08. The Morgan fingerprint density at radius 2 is 1.44 bits per heavy atom. The van der Waals surface area contributed by atoms with Gasteiger partial charge in [-0.3, -0.25) is 0 Å². The Labute approximate surface area is 109 Å². The molecule has 2 aromatic carbocycles. The van der Waals surface area contributed by atoms with Crippen LogP contribution in [-0.4, -0.2) is 20.3 Å². The Balaban J connectivity index is 0.000000280. The summed E-state index contributed by atoms with van der Waals surface area (Å²) in [5.74, 6) is 0. The molecule has 0 spiro atoms. The highest BCUT2D eigenvalue weighted by Crippen LogP contribution is 2.18. The van der Waals surface area contributed by atoms with Crippen LogP contribution in [0.5, 0.6) is 0 Å². The smallest absolute Gasteiger partial charge is 0.102 e. The summed E-state index contributed by atoms with van der Waals surface area (Å²) in [6.45, 7) is 2.31. The Morgan fingerprint density at radius 3 is 1.89 bits per heavy atom. The van der Waals surface area contributed by atoms with Crippen molar-refractivity contribution in [1.82, 2.24) is 5.32 Å². The molecule has 0 aliphatic rings. The molecule has 18 heavy (non-hydrogen) atoms. The van der Waals surface area contributed by atoms with Gasteiger partial charge in [-0.1, -0.05) is 60.2 Å². The highest BCUT2D eigenvalue weighted by molar-refractivity contribution is 5.63. The third-order valence-electron chi connectivity index (χ3n) is 2.50. The first kappa shape index (κ1) is 14.4. The van der Waals surface area contributed by atoms with Gasteiger partial charge in [-0.05, 0) is 25.1 Å². The lowest BCUT2D eigenvalue weighted by Gasteiger charge is -2.00. The molecule has 2 rings (SSSR count). The first-order valence-corrected chi connectivity index (χ1v) is 6.10. The molecule has 0 atom stereocenters. The van der Waals surface area contributed by atoms with Gasteiger partial charge in [0.2, 0.25) is 0 Å². The van der Waals surface area contributed by atoms with Crippen molar-refractivity contribution in [2.75, 3.05) is 20.3 Å². The number of halogens is 1. The largest absolute Gasteiger partial charge is 0.317 e. The standard InChI is InChI=1S/C13H12.C3H8FN/c1-11-7-9-13(10-8-11)12-5-3-2-4-6-12;1-5-3-2-4/h2-10H,1H3;5H,2-3H2,1H3. The molecule has 0 saturated heterocycles. The highest BCUT2D eigenvalue weighted by Gasteiger charge is 1.93. The van der Waals surface area contributed by atoms with Crippen molar-refractivity contribution in [2.24, 2.45) is 0 Å². The van der Waals surface area contributed by atoms with E-state index in [1.807, 2.05) is 6.07 Å². The highest BCUT2D eigenvalue weighted by atomic mass is 19.1. The predicted molar refractivity (Wildman–Crippen MR) is 76.5 cm³/mol. The molecule has 0 saturated carbocycles. The summed E-state index contributed by atoms with van der Waals surface area (Å²) < 4.78 is 10.9. The topological polar surface area (TPSA) is 12.0 Å². The molecule has 2 heteroatoms. The minimum absolute atomic E-state index is 0.267. The first-order valence-electron chi connectivity index (χ1n) is 6.10. The van der Waals surface area contributed by atoms with Gasteiger partial charge in [0.15, 0.2) is 0 Å². The fraction of sp³-hybridized carbons (Fsp3) is 0.250. The summed E-state index contributed by atoms with van der Waals surface area (Å²) in [6, 6.07) is 19.0. The van der Waals surface area contributed by atoms with Crippen molar-refractivity contribution in [2.45, 2.75) is 6.92 Å². The maximum Gasteiger partial charge on any atom is 0.102 e. The zero-order chi connectivity index (χ0) is 13.2. The number of rotatable bonds is 3. The fourth-order valence-corrected chi connectivity index (χ4v) is 1.47. The minimum Gasteiger partial charge on any atom is -0.317 e. The molecule has 0 fully saturated rings. The average molecular weight is 245 g/mol. The molecule has 1 N–H and O–H groups in total. The number of hydrogen-bond acceptors (Lipinski definition) is 1. The van der Waals surface area contributed by atoms with Crippen molar-refractivity contribution < 1.29 is 4.39 Å². The predicted octanol–water partition coefficient (Wildman–Crippen LogP) is 3.84. The van der Waals surface area contributed by atoms with E-state index in [-0.39, 0.29) is 6.67 Å². The van der Waals surface area contributed by atoms with Crippen LogP contribution < -0.4 is 5.32 Å². The minimum atomic E-state index is -0.267. The van der Waals surface area contributed by atoms with Gasteiger partial charge in [-0.2, -0.15) is 0 Å². The van der Waals surface area contributed by atoms with Gasteiger partial charge in [0.05, 0.1) is 0 Å². The van der Waals surface area contributed by atoms with Crippen LogP contribution in [0, 0.1) is 6.92 Å². The first-order chi connectivity index (χ1) is 8.77. The van der Waals surface area contributed by atoms with E-state index in [1.54, 1.807) is 7.05 Å². The lowest BCUT2D eigenvalue weighted by atomic mass is 10.0. The number of nitrogens with one attached hydrogen (secondary N) is 1. The van der Waals surface area contributed by atoms with Crippen LogP contribution in [0.2, 0.25) is 0 Å². The van der Waals surface area contributed by atoms with E-state index in [4.69, 9.17) is 0 Å². The third-order valence-corrected chi connectivity index (χ3v) is 2.50. The number of benzene rings is 2. The molecule has 0 aliphatic carbocycles. The molecular weight excluding hydrogens is 225 g/mol. The van der Waals surface area contributed by atoms with Crippen molar-refractivity contribution in [3.05, 3.63) is 60.2 Å². The average Bonchev–Trinajstić information content (AvgIpc) is 2.42. The van der Waals surface area contributed by atoms with E-state index in [1.165, 1.54) is 16.7 Å². The molecule has 0 bridgehead atoms. The Kier molecular flexibility index (Phi) is 6.74. The van der Waals surface area contributed by atoms with Crippen LogP contribution in [0.15, 0.2) is 54.6 Å². The molecule has 2 aromatic rings. The lowest BCUT2D eigenvalue weighted by molar-refractivity contribution is 0.481. The maximum absolute atomic E-state index is 10.9. The monoisotopic (exact) mass is 245 g/mol. The van der Waals surface area contributed by atoms with Gasteiger partial charge in [-0.25, -0.2) is 4.39 Å². The molecule has 0 unspecified atom stereocenters. The zero-order valence-corrected chi connectivity index (χ0v) is 11.0. The maximum atomic E-state index is 10.9. The van der Waals surface area contributed by atoms with E-state index in [0.717, 1.165) is 0 Å². The molecule has 0 aliphatic heterocycles. The van der Waals surface area contributed by atoms with Crippen molar-refractivity contribution in [3.63, 3.8) is 0 Å². The van der Waals surface area contributed by atoms with Crippen LogP contribution >= 0.6 is 0 Å². The van der Waals surface area contributed by atoms with E-state index >= 15 is 0 Å². The van der Waals surface area contributed by atoms with E-state index < -0.39 is 0 Å². The third kappa shape index (κ3) is 5.11. The van der Waals surface area contributed by atoms with Gasteiger partial charge >= 0.3 is 0 Å². The molecule has 0 aromatic heterocycles. The van der Waals surface area contributed by atoms with E-state index in [0.29, 0.717) is 6.54 Å².